The molecule has 0 N–H and O–H groups in total. The lowest BCUT2D eigenvalue weighted by molar-refractivity contribution is 0.0609. The van der Waals surface area contributed by atoms with Crippen molar-refractivity contribution in [1.29, 1.82) is 0 Å². The molecule has 2 aliphatic rings. The minimum absolute atomic E-state index is 0.245. The van der Waals surface area contributed by atoms with Gasteiger partial charge in [0.25, 0.3) is 0 Å². The molecule has 128 valence electrons. The number of benzene rings is 1. The SMILES string of the molecule is Fc1cccc(-c2noc([C@@H]3CCCN(C[C@@H]4CCCO4)C3)n2)c1. The van der Waals surface area contributed by atoms with Crippen LogP contribution in [0.15, 0.2) is 28.8 Å². The van der Waals surface area contributed by atoms with E-state index < -0.39 is 0 Å². The molecule has 2 atom stereocenters. The molecule has 1 aromatic heterocycles. The van der Waals surface area contributed by atoms with E-state index in [0.717, 1.165) is 45.5 Å². The summed E-state index contributed by atoms with van der Waals surface area (Å²) in [5.41, 5.74) is 0.650. The highest BCUT2D eigenvalue weighted by Gasteiger charge is 2.28. The van der Waals surface area contributed by atoms with Crippen molar-refractivity contribution in [2.75, 3.05) is 26.2 Å². The van der Waals surface area contributed by atoms with Crippen LogP contribution in [0.1, 0.15) is 37.5 Å². The quantitative estimate of drug-likeness (QED) is 0.861. The molecule has 0 aliphatic carbocycles. The molecule has 0 bridgehead atoms. The second-order valence-electron chi connectivity index (χ2n) is 6.70. The Morgan fingerprint density at radius 1 is 1.25 bits per heavy atom. The molecule has 4 rings (SSSR count). The van der Waals surface area contributed by atoms with Crippen molar-refractivity contribution in [3.8, 4) is 11.4 Å². The lowest BCUT2D eigenvalue weighted by Crippen LogP contribution is -2.39. The van der Waals surface area contributed by atoms with Crippen molar-refractivity contribution in [2.24, 2.45) is 0 Å². The minimum atomic E-state index is -0.292. The Balaban J connectivity index is 1.43. The van der Waals surface area contributed by atoms with Crippen molar-refractivity contribution >= 4 is 0 Å². The third-order valence-corrected chi connectivity index (χ3v) is 4.87. The highest BCUT2D eigenvalue weighted by molar-refractivity contribution is 5.53. The number of piperidine rings is 1. The molecule has 2 aromatic rings. The van der Waals surface area contributed by atoms with E-state index in [2.05, 4.69) is 15.0 Å². The lowest BCUT2D eigenvalue weighted by Gasteiger charge is -2.32. The Labute approximate surface area is 140 Å². The van der Waals surface area contributed by atoms with Crippen LogP contribution in [-0.4, -0.2) is 47.4 Å². The van der Waals surface area contributed by atoms with Gasteiger partial charge in [-0.15, -0.1) is 0 Å². The van der Waals surface area contributed by atoms with Crippen LogP contribution in [0, 0.1) is 5.82 Å². The van der Waals surface area contributed by atoms with Crippen molar-refractivity contribution in [2.45, 2.75) is 37.7 Å². The third kappa shape index (κ3) is 3.49. The topological polar surface area (TPSA) is 51.4 Å². The summed E-state index contributed by atoms with van der Waals surface area (Å²) in [5, 5.41) is 4.04. The smallest absolute Gasteiger partial charge is 0.231 e. The number of halogens is 1. The highest BCUT2D eigenvalue weighted by Crippen LogP contribution is 2.28. The fraction of sp³-hybridized carbons (Fsp3) is 0.556. The van der Waals surface area contributed by atoms with Crippen LogP contribution in [0.5, 0.6) is 0 Å². The number of ether oxygens (including phenoxy) is 1. The summed E-state index contributed by atoms with van der Waals surface area (Å²) in [7, 11) is 0. The molecule has 3 heterocycles. The van der Waals surface area contributed by atoms with Gasteiger partial charge in [-0.1, -0.05) is 17.3 Å². The molecule has 0 unspecified atom stereocenters. The number of hydrogen-bond acceptors (Lipinski definition) is 5. The van der Waals surface area contributed by atoms with Crippen molar-refractivity contribution in [3.63, 3.8) is 0 Å². The van der Waals surface area contributed by atoms with Gasteiger partial charge in [0.15, 0.2) is 0 Å². The summed E-state index contributed by atoms with van der Waals surface area (Å²) in [5.74, 6) is 1.07. The maximum Gasteiger partial charge on any atom is 0.231 e. The molecule has 24 heavy (non-hydrogen) atoms. The molecular formula is C18H22FN3O2. The average Bonchev–Trinajstić information content (AvgIpc) is 3.27. The predicted octanol–water partition coefficient (Wildman–Crippen LogP) is 3.23. The number of rotatable bonds is 4. The predicted molar refractivity (Wildman–Crippen MR) is 87.1 cm³/mol. The molecule has 0 radical (unpaired) electrons. The van der Waals surface area contributed by atoms with Crippen LogP contribution in [0.4, 0.5) is 4.39 Å². The molecule has 6 heteroatoms. The van der Waals surface area contributed by atoms with Gasteiger partial charge in [0.05, 0.1) is 12.0 Å². The zero-order valence-electron chi connectivity index (χ0n) is 13.7. The van der Waals surface area contributed by atoms with E-state index in [9.17, 15) is 4.39 Å². The zero-order chi connectivity index (χ0) is 16.4. The number of hydrogen-bond donors (Lipinski definition) is 0. The van der Waals surface area contributed by atoms with Gasteiger partial charge in [-0.2, -0.15) is 4.98 Å². The molecule has 1 aromatic carbocycles. The molecule has 0 spiro atoms. The van der Waals surface area contributed by atoms with Gasteiger partial charge in [0.2, 0.25) is 11.7 Å². The van der Waals surface area contributed by atoms with E-state index in [1.165, 1.54) is 18.6 Å². The standard InChI is InChI=1S/C18H22FN3O2/c19-15-6-1-4-13(10-15)17-20-18(24-21-17)14-5-2-8-22(11-14)12-16-7-3-9-23-16/h1,4,6,10,14,16H,2-3,5,7-9,11-12H2/t14-,16+/m1/s1. The van der Waals surface area contributed by atoms with Gasteiger partial charge in [-0.3, -0.25) is 4.90 Å². The summed E-state index contributed by atoms with van der Waals surface area (Å²) in [6, 6.07) is 6.29. The highest BCUT2D eigenvalue weighted by atomic mass is 19.1. The molecule has 0 saturated carbocycles. The van der Waals surface area contributed by atoms with Crippen LogP contribution < -0.4 is 0 Å². The molecular weight excluding hydrogens is 309 g/mol. The third-order valence-electron chi connectivity index (χ3n) is 4.87. The largest absolute Gasteiger partial charge is 0.377 e. The van der Waals surface area contributed by atoms with Crippen LogP contribution >= 0.6 is 0 Å². The first-order valence-electron chi connectivity index (χ1n) is 8.71. The number of nitrogens with zero attached hydrogens (tertiary/aromatic N) is 3. The van der Waals surface area contributed by atoms with Gasteiger partial charge in [-0.05, 0) is 44.4 Å². The van der Waals surface area contributed by atoms with Crippen molar-refractivity contribution < 1.29 is 13.7 Å². The Hall–Kier alpha value is -1.79. The monoisotopic (exact) mass is 331 g/mol. The minimum Gasteiger partial charge on any atom is -0.377 e. The van der Waals surface area contributed by atoms with E-state index in [0.29, 0.717) is 23.4 Å². The molecule has 2 aliphatic heterocycles. The average molecular weight is 331 g/mol. The summed E-state index contributed by atoms with van der Waals surface area (Å²) < 4.78 is 24.6. The fourth-order valence-electron chi connectivity index (χ4n) is 3.65. The first-order chi connectivity index (χ1) is 11.8. The van der Waals surface area contributed by atoms with E-state index in [-0.39, 0.29) is 11.7 Å². The van der Waals surface area contributed by atoms with Gasteiger partial charge < -0.3 is 9.26 Å². The summed E-state index contributed by atoms with van der Waals surface area (Å²) in [4.78, 5) is 6.95. The van der Waals surface area contributed by atoms with Gasteiger partial charge in [0.1, 0.15) is 5.82 Å². The van der Waals surface area contributed by atoms with Crippen LogP contribution in [0.25, 0.3) is 11.4 Å². The molecule has 5 nitrogen and oxygen atoms in total. The summed E-state index contributed by atoms with van der Waals surface area (Å²) in [6.07, 6.45) is 4.87. The second-order valence-corrected chi connectivity index (χ2v) is 6.70. The van der Waals surface area contributed by atoms with Gasteiger partial charge >= 0.3 is 0 Å². The Morgan fingerprint density at radius 2 is 2.21 bits per heavy atom. The first kappa shape index (κ1) is 15.7. The van der Waals surface area contributed by atoms with Crippen LogP contribution in [-0.2, 0) is 4.74 Å². The summed E-state index contributed by atoms with van der Waals surface area (Å²) in [6.45, 7) is 3.90. The lowest BCUT2D eigenvalue weighted by atomic mass is 9.97. The maximum atomic E-state index is 13.4. The number of likely N-dealkylation sites (tertiary alicyclic amines) is 1. The normalized spacial score (nSPS) is 25.2. The van der Waals surface area contributed by atoms with Gasteiger partial charge in [0, 0.05) is 25.3 Å². The van der Waals surface area contributed by atoms with Crippen LogP contribution in [0.2, 0.25) is 0 Å². The van der Waals surface area contributed by atoms with E-state index in [4.69, 9.17) is 9.26 Å². The summed E-state index contributed by atoms with van der Waals surface area (Å²) >= 11 is 0. The maximum absolute atomic E-state index is 13.4. The molecule has 2 saturated heterocycles. The van der Waals surface area contributed by atoms with E-state index in [1.807, 2.05) is 0 Å². The Kier molecular flexibility index (Phi) is 4.58. The van der Waals surface area contributed by atoms with Crippen molar-refractivity contribution in [1.82, 2.24) is 15.0 Å². The van der Waals surface area contributed by atoms with E-state index in [1.54, 1.807) is 12.1 Å². The van der Waals surface area contributed by atoms with E-state index >= 15 is 0 Å². The Morgan fingerprint density at radius 3 is 3.04 bits per heavy atom. The molecule has 2 fully saturated rings. The van der Waals surface area contributed by atoms with Crippen LogP contribution in [0.3, 0.4) is 0 Å². The molecule has 0 amide bonds. The Bertz CT molecular complexity index is 684. The zero-order valence-corrected chi connectivity index (χ0v) is 13.7. The first-order valence-corrected chi connectivity index (χ1v) is 8.71. The fourth-order valence-corrected chi connectivity index (χ4v) is 3.65. The van der Waals surface area contributed by atoms with Crippen molar-refractivity contribution in [3.05, 3.63) is 36.0 Å². The van der Waals surface area contributed by atoms with Gasteiger partial charge in [-0.25, -0.2) is 4.39 Å². The number of aromatic nitrogens is 2. The second kappa shape index (κ2) is 6.99.